The van der Waals surface area contributed by atoms with Crippen LogP contribution in [0.15, 0.2) is 30.3 Å². The summed E-state index contributed by atoms with van der Waals surface area (Å²) in [6, 6.07) is 8.08. The number of fused-ring (bicyclic) bond motifs is 1. The third-order valence-corrected chi connectivity index (χ3v) is 2.35. The molecule has 94 valence electrons. The van der Waals surface area contributed by atoms with Crippen LogP contribution in [-0.2, 0) is 4.79 Å². The van der Waals surface area contributed by atoms with Gasteiger partial charge >= 0.3 is 12.1 Å². The van der Waals surface area contributed by atoms with Crippen molar-refractivity contribution in [3.05, 3.63) is 36.0 Å². The number of carbonyl (C=O) groups excluding carboxylic acids is 1. The van der Waals surface area contributed by atoms with Gasteiger partial charge in [-0.2, -0.15) is 13.2 Å². The second-order valence-corrected chi connectivity index (χ2v) is 3.78. The maximum atomic E-state index is 12.2. The highest BCUT2D eigenvalue weighted by atomic mass is 19.4. The second kappa shape index (κ2) is 4.29. The molecule has 0 saturated carbocycles. The molecule has 0 radical (unpaired) electrons. The number of aryl methyl sites for hydroxylation is 1. The molecule has 3 nitrogen and oxygen atoms in total. The van der Waals surface area contributed by atoms with E-state index in [1.54, 1.807) is 31.2 Å². The third kappa shape index (κ3) is 2.42. The Bertz CT molecular complexity index is 608. The van der Waals surface area contributed by atoms with Gasteiger partial charge in [-0.15, -0.1) is 0 Å². The molecule has 0 bridgehead atoms. The van der Waals surface area contributed by atoms with Crippen LogP contribution >= 0.6 is 0 Å². The first-order valence-electron chi connectivity index (χ1n) is 5.12. The van der Waals surface area contributed by atoms with Crippen molar-refractivity contribution in [2.45, 2.75) is 13.1 Å². The van der Waals surface area contributed by atoms with E-state index in [0.29, 0.717) is 16.6 Å². The Morgan fingerprint density at radius 2 is 1.94 bits per heavy atom. The van der Waals surface area contributed by atoms with Crippen LogP contribution in [-0.4, -0.2) is 17.1 Å². The number of aromatic nitrogens is 1. The van der Waals surface area contributed by atoms with Gasteiger partial charge < -0.3 is 5.32 Å². The van der Waals surface area contributed by atoms with Gasteiger partial charge in [0.05, 0.1) is 11.2 Å². The first-order chi connectivity index (χ1) is 8.38. The summed E-state index contributed by atoms with van der Waals surface area (Å²) in [6.45, 7) is 1.65. The first kappa shape index (κ1) is 12.3. The average molecular weight is 254 g/mol. The van der Waals surface area contributed by atoms with Crippen LogP contribution in [0.3, 0.4) is 0 Å². The molecule has 0 spiro atoms. The summed E-state index contributed by atoms with van der Waals surface area (Å²) in [5.41, 5.74) is 1.18. The quantitative estimate of drug-likeness (QED) is 0.849. The van der Waals surface area contributed by atoms with E-state index < -0.39 is 12.1 Å². The molecule has 1 amide bonds. The van der Waals surface area contributed by atoms with E-state index >= 15 is 0 Å². The lowest BCUT2D eigenvalue weighted by Gasteiger charge is -2.11. The summed E-state index contributed by atoms with van der Waals surface area (Å²) in [5, 5.41) is 2.33. The predicted molar refractivity (Wildman–Crippen MR) is 61.2 cm³/mol. The fourth-order valence-corrected chi connectivity index (χ4v) is 1.60. The Labute approximate surface area is 101 Å². The number of pyridine rings is 1. The number of carbonyl (C=O) groups is 1. The number of rotatable bonds is 1. The topological polar surface area (TPSA) is 42.0 Å². The van der Waals surface area contributed by atoms with E-state index in [1.807, 2.05) is 5.32 Å². The fourth-order valence-electron chi connectivity index (χ4n) is 1.60. The van der Waals surface area contributed by atoms with Crippen molar-refractivity contribution in [2.75, 3.05) is 5.32 Å². The minimum atomic E-state index is -4.90. The SMILES string of the molecule is Cc1cc(NC(=O)C(F)(F)F)c2ccccc2n1. The number of hydrogen-bond donors (Lipinski definition) is 1. The van der Waals surface area contributed by atoms with Crippen molar-refractivity contribution in [3.63, 3.8) is 0 Å². The number of benzene rings is 1. The minimum absolute atomic E-state index is 0.112. The Balaban J connectivity index is 2.48. The molecule has 1 N–H and O–H groups in total. The summed E-state index contributed by atoms with van der Waals surface area (Å²) in [4.78, 5) is 15.1. The van der Waals surface area contributed by atoms with Crippen LogP contribution in [0.4, 0.5) is 18.9 Å². The van der Waals surface area contributed by atoms with E-state index in [9.17, 15) is 18.0 Å². The molecule has 18 heavy (non-hydrogen) atoms. The molecule has 2 rings (SSSR count). The lowest BCUT2D eigenvalue weighted by atomic mass is 10.1. The number of nitrogens with zero attached hydrogens (tertiary/aromatic N) is 1. The number of para-hydroxylation sites is 1. The van der Waals surface area contributed by atoms with Gasteiger partial charge in [-0.25, -0.2) is 0 Å². The largest absolute Gasteiger partial charge is 0.471 e. The van der Waals surface area contributed by atoms with Gasteiger partial charge in [-0.3, -0.25) is 9.78 Å². The van der Waals surface area contributed by atoms with Gasteiger partial charge in [0.15, 0.2) is 0 Å². The van der Waals surface area contributed by atoms with E-state index in [-0.39, 0.29) is 5.69 Å². The molecule has 1 aromatic carbocycles. The van der Waals surface area contributed by atoms with Gasteiger partial charge in [0.25, 0.3) is 0 Å². The molecule has 2 aromatic rings. The number of anilines is 1. The Kier molecular flexibility index (Phi) is 2.94. The zero-order valence-electron chi connectivity index (χ0n) is 9.38. The molecule has 0 atom stereocenters. The second-order valence-electron chi connectivity index (χ2n) is 3.78. The van der Waals surface area contributed by atoms with E-state index in [4.69, 9.17) is 0 Å². The van der Waals surface area contributed by atoms with Crippen molar-refractivity contribution < 1.29 is 18.0 Å². The summed E-state index contributed by atoms with van der Waals surface area (Å²) >= 11 is 0. The van der Waals surface area contributed by atoms with Crippen molar-refractivity contribution >= 4 is 22.5 Å². The Morgan fingerprint density at radius 1 is 1.28 bits per heavy atom. The Hall–Kier alpha value is -2.11. The van der Waals surface area contributed by atoms with Gasteiger partial charge in [-0.1, -0.05) is 18.2 Å². The molecule has 0 aliphatic carbocycles. The van der Waals surface area contributed by atoms with Crippen molar-refractivity contribution in [3.8, 4) is 0 Å². The summed E-state index contributed by atoms with van der Waals surface area (Å²) < 4.78 is 36.6. The average Bonchev–Trinajstić information content (AvgIpc) is 2.27. The molecular formula is C12H9F3N2O. The molecule has 0 aliphatic heterocycles. The molecule has 0 aliphatic rings. The maximum Gasteiger partial charge on any atom is 0.471 e. The van der Waals surface area contributed by atoms with E-state index in [2.05, 4.69) is 4.98 Å². The zero-order valence-corrected chi connectivity index (χ0v) is 9.38. The van der Waals surface area contributed by atoms with Crippen LogP contribution in [0.1, 0.15) is 5.69 Å². The van der Waals surface area contributed by atoms with Crippen molar-refractivity contribution in [1.82, 2.24) is 4.98 Å². The minimum Gasteiger partial charge on any atom is -0.318 e. The molecule has 6 heteroatoms. The van der Waals surface area contributed by atoms with Crippen LogP contribution < -0.4 is 5.32 Å². The maximum absolute atomic E-state index is 12.2. The van der Waals surface area contributed by atoms with Gasteiger partial charge in [0.1, 0.15) is 0 Å². The van der Waals surface area contributed by atoms with Crippen LogP contribution in [0.2, 0.25) is 0 Å². The van der Waals surface area contributed by atoms with Crippen LogP contribution in [0, 0.1) is 6.92 Å². The lowest BCUT2D eigenvalue weighted by Crippen LogP contribution is -2.30. The van der Waals surface area contributed by atoms with Crippen molar-refractivity contribution in [1.29, 1.82) is 0 Å². The van der Waals surface area contributed by atoms with Gasteiger partial charge in [-0.05, 0) is 19.1 Å². The highest BCUT2D eigenvalue weighted by Crippen LogP contribution is 2.25. The van der Waals surface area contributed by atoms with Crippen LogP contribution in [0.5, 0.6) is 0 Å². The molecule has 0 fully saturated rings. The number of halogens is 3. The normalized spacial score (nSPS) is 11.6. The number of alkyl halides is 3. The van der Waals surface area contributed by atoms with Gasteiger partial charge in [0.2, 0.25) is 0 Å². The molecule has 1 heterocycles. The third-order valence-electron chi connectivity index (χ3n) is 2.35. The zero-order chi connectivity index (χ0) is 13.3. The summed E-state index contributed by atoms with van der Waals surface area (Å²) in [5.74, 6) is -1.99. The standard InChI is InChI=1S/C12H9F3N2O/c1-7-6-10(17-11(18)12(13,14)15)8-4-2-3-5-9(8)16-7/h2-6H,1H3,(H,16,17,18). The smallest absolute Gasteiger partial charge is 0.318 e. The molecular weight excluding hydrogens is 245 g/mol. The molecule has 0 saturated heterocycles. The van der Waals surface area contributed by atoms with Crippen molar-refractivity contribution in [2.24, 2.45) is 0 Å². The highest BCUT2D eigenvalue weighted by molar-refractivity contribution is 6.02. The monoisotopic (exact) mass is 254 g/mol. The fraction of sp³-hybridized carbons (Fsp3) is 0.167. The number of nitrogens with one attached hydrogen (secondary N) is 1. The highest BCUT2D eigenvalue weighted by Gasteiger charge is 2.38. The molecule has 1 aromatic heterocycles. The first-order valence-corrected chi connectivity index (χ1v) is 5.12. The lowest BCUT2D eigenvalue weighted by molar-refractivity contribution is -0.167. The molecule has 0 unspecified atom stereocenters. The van der Waals surface area contributed by atoms with Gasteiger partial charge in [0, 0.05) is 11.1 Å². The van der Waals surface area contributed by atoms with E-state index in [0.717, 1.165) is 0 Å². The van der Waals surface area contributed by atoms with Crippen LogP contribution in [0.25, 0.3) is 10.9 Å². The van der Waals surface area contributed by atoms with E-state index in [1.165, 1.54) is 6.07 Å². The number of amides is 1. The number of hydrogen-bond acceptors (Lipinski definition) is 2. The summed E-state index contributed by atoms with van der Waals surface area (Å²) in [6.07, 6.45) is -4.90. The Morgan fingerprint density at radius 3 is 2.61 bits per heavy atom. The predicted octanol–water partition coefficient (Wildman–Crippen LogP) is 3.04. The summed E-state index contributed by atoms with van der Waals surface area (Å²) in [7, 11) is 0.